The van der Waals surface area contributed by atoms with E-state index in [-0.39, 0.29) is 28.8 Å². The van der Waals surface area contributed by atoms with Gasteiger partial charge in [0, 0.05) is 19.1 Å². The Morgan fingerprint density at radius 3 is 2.62 bits per heavy atom. The smallest absolute Gasteiger partial charge is 0.337 e. The molecule has 1 aliphatic rings. The highest BCUT2D eigenvalue weighted by Gasteiger charge is 2.33. The average molecular weight is 314 g/mol. The van der Waals surface area contributed by atoms with Gasteiger partial charge < -0.3 is 15.2 Å². The monoisotopic (exact) mass is 314 g/mol. The molecule has 116 valence electrons. The molecule has 1 fully saturated rings. The van der Waals surface area contributed by atoms with Crippen LogP contribution in [0, 0.1) is 0 Å². The molecule has 0 radical (unpaired) electrons. The molecule has 0 unspecified atom stereocenters. The molecule has 8 heteroatoms. The molecule has 7 nitrogen and oxygen atoms in total. The summed E-state index contributed by atoms with van der Waals surface area (Å²) in [5.41, 5.74) is 5.98. The zero-order valence-corrected chi connectivity index (χ0v) is 12.7. The van der Waals surface area contributed by atoms with Gasteiger partial charge in [-0.25, -0.2) is 13.2 Å². The first-order valence-corrected chi connectivity index (χ1v) is 7.86. The number of rotatable bonds is 4. The first-order valence-electron chi connectivity index (χ1n) is 6.42. The second-order valence-corrected chi connectivity index (χ2v) is 6.68. The van der Waals surface area contributed by atoms with Gasteiger partial charge in [0.1, 0.15) is 10.6 Å². The summed E-state index contributed by atoms with van der Waals surface area (Å²) in [5.74, 6) is -0.446. The highest BCUT2D eigenvalue weighted by atomic mass is 32.2. The Morgan fingerprint density at radius 1 is 1.38 bits per heavy atom. The molecule has 1 saturated heterocycles. The summed E-state index contributed by atoms with van der Waals surface area (Å²) in [6.45, 7) is 0.662. The van der Waals surface area contributed by atoms with Crippen molar-refractivity contribution < 1.29 is 22.7 Å². The standard InChI is InChI=1S/C13H18N2O5S/c1-19-11-7-9(13(16)20-2)3-4-12(11)21(17,18)15-6-5-10(14)8-15/h3-4,7,10H,5-6,8,14H2,1-2H3/t10-/m1/s1. The van der Waals surface area contributed by atoms with E-state index in [1.165, 1.54) is 36.7 Å². The van der Waals surface area contributed by atoms with E-state index in [0.29, 0.717) is 13.0 Å². The maximum absolute atomic E-state index is 12.6. The van der Waals surface area contributed by atoms with Crippen LogP contribution in [0.5, 0.6) is 5.75 Å². The highest BCUT2D eigenvalue weighted by molar-refractivity contribution is 7.89. The van der Waals surface area contributed by atoms with E-state index in [9.17, 15) is 13.2 Å². The summed E-state index contributed by atoms with van der Waals surface area (Å²) in [4.78, 5) is 11.5. The normalized spacial score (nSPS) is 19.5. The Bertz CT molecular complexity index is 644. The third-order valence-corrected chi connectivity index (χ3v) is 5.29. The largest absolute Gasteiger partial charge is 0.495 e. The zero-order valence-electron chi connectivity index (χ0n) is 11.9. The van der Waals surface area contributed by atoms with Crippen molar-refractivity contribution in [3.63, 3.8) is 0 Å². The molecule has 1 aliphatic heterocycles. The summed E-state index contributed by atoms with van der Waals surface area (Å²) < 4.78 is 36.2. The summed E-state index contributed by atoms with van der Waals surface area (Å²) in [6.07, 6.45) is 0.627. The van der Waals surface area contributed by atoms with Gasteiger partial charge in [0.25, 0.3) is 0 Å². The third kappa shape index (κ3) is 3.02. The number of nitrogens with zero attached hydrogens (tertiary/aromatic N) is 1. The minimum absolute atomic E-state index is 0.0201. The van der Waals surface area contributed by atoms with Crippen LogP contribution in [0.25, 0.3) is 0 Å². The second kappa shape index (κ2) is 6.00. The van der Waals surface area contributed by atoms with Crippen molar-refractivity contribution in [2.45, 2.75) is 17.4 Å². The molecular formula is C13H18N2O5S. The molecule has 1 aromatic carbocycles. The van der Waals surface area contributed by atoms with Crippen LogP contribution in [0.2, 0.25) is 0 Å². The average Bonchev–Trinajstić information content (AvgIpc) is 2.93. The van der Waals surface area contributed by atoms with Crippen molar-refractivity contribution in [2.24, 2.45) is 5.73 Å². The van der Waals surface area contributed by atoms with Crippen LogP contribution in [-0.2, 0) is 14.8 Å². The van der Waals surface area contributed by atoms with Crippen molar-refractivity contribution in [3.05, 3.63) is 23.8 Å². The van der Waals surface area contributed by atoms with Crippen molar-refractivity contribution in [1.82, 2.24) is 4.31 Å². The van der Waals surface area contributed by atoms with E-state index in [1.54, 1.807) is 0 Å². The number of hydrogen-bond acceptors (Lipinski definition) is 6. The van der Waals surface area contributed by atoms with E-state index in [0.717, 1.165) is 0 Å². The van der Waals surface area contributed by atoms with Crippen molar-refractivity contribution in [3.8, 4) is 5.75 Å². The first kappa shape index (κ1) is 15.7. The predicted molar refractivity (Wildman–Crippen MR) is 75.7 cm³/mol. The molecule has 2 N–H and O–H groups in total. The number of ether oxygens (including phenoxy) is 2. The number of hydrogen-bond donors (Lipinski definition) is 1. The van der Waals surface area contributed by atoms with Gasteiger partial charge in [-0.2, -0.15) is 4.31 Å². The Labute approximate surface area is 123 Å². The van der Waals surface area contributed by atoms with E-state index in [2.05, 4.69) is 4.74 Å². The van der Waals surface area contributed by atoms with Crippen molar-refractivity contribution in [1.29, 1.82) is 0 Å². The zero-order chi connectivity index (χ0) is 15.6. The summed E-state index contributed by atoms with van der Waals surface area (Å²) in [6, 6.07) is 3.95. The fourth-order valence-corrected chi connectivity index (χ4v) is 3.89. The molecule has 21 heavy (non-hydrogen) atoms. The molecule has 0 saturated carbocycles. The summed E-state index contributed by atoms with van der Waals surface area (Å²) in [7, 11) is -1.08. The SMILES string of the molecule is COC(=O)c1ccc(S(=O)(=O)N2CC[C@@H](N)C2)c(OC)c1. The lowest BCUT2D eigenvalue weighted by Gasteiger charge is -2.18. The minimum Gasteiger partial charge on any atom is -0.495 e. The minimum atomic E-state index is -3.69. The Balaban J connectivity index is 2.41. The van der Waals surface area contributed by atoms with Gasteiger partial charge in [-0.15, -0.1) is 0 Å². The van der Waals surface area contributed by atoms with Crippen molar-refractivity contribution >= 4 is 16.0 Å². The third-order valence-electron chi connectivity index (χ3n) is 3.39. The van der Waals surface area contributed by atoms with Crippen molar-refractivity contribution in [2.75, 3.05) is 27.3 Å². The lowest BCUT2D eigenvalue weighted by molar-refractivity contribution is 0.0600. The topological polar surface area (TPSA) is 98.9 Å². The van der Waals surface area contributed by atoms with Crippen LogP contribution in [-0.4, -0.2) is 52.0 Å². The summed E-state index contributed by atoms with van der Waals surface area (Å²) >= 11 is 0. The van der Waals surface area contributed by atoms with Gasteiger partial charge in [-0.05, 0) is 24.6 Å². The molecule has 1 atom stereocenters. The maximum Gasteiger partial charge on any atom is 0.337 e. The van der Waals surface area contributed by atoms with Crippen LogP contribution < -0.4 is 10.5 Å². The number of carbonyl (C=O) groups is 1. The number of benzene rings is 1. The fourth-order valence-electron chi connectivity index (χ4n) is 2.24. The molecule has 2 rings (SSSR count). The Hall–Kier alpha value is -1.64. The van der Waals surface area contributed by atoms with Crippen LogP contribution in [0.1, 0.15) is 16.8 Å². The van der Waals surface area contributed by atoms with E-state index < -0.39 is 16.0 Å². The van der Waals surface area contributed by atoms with Gasteiger partial charge in [-0.3, -0.25) is 0 Å². The van der Waals surface area contributed by atoms with E-state index in [1.807, 2.05) is 0 Å². The quantitative estimate of drug-likeness (QED) is 0.797. The molecule has 0 aromatic heterocycles. The Morgan fingerprint density at radius 2 is 2.10 bits per heavy atom. The highest BCUT2D eigenvalue weighted by Crippen LogP contribution is 2.29. The second-order valence-electron chi connectivity index (χ2n) is 4.77. The molecule has 0 spiro atoms. The number of carbonyl (C=O) groups excluding carboxylic acids is 1. The molecule has 1 heterocycles. The van der Waals surface area contributed by atoms with Gasteiger partial charge in [0.05, 0.1) is 19.8 Å². The number of esters is 1. The molecule has 0 aliphatic carbocycles. The molecular weight excluding hydrogens is 296 g/mol. The Kier molecular flexibility index (Phi) is 4.50. The van der Waals surface area contributed by atoms with E-state index in [4.69, 9.17) is 10.5 Å². The van der Waals surface area contributed by atoms with Crippen LogP contribution >= 0.6 is 0 Å². The van der Waals surface area contributed by atoms with Gasteiger partial charge in [0.2, 0.25) is 10.0 Å². The van der Waals surface area contributed by atoms with E-state index >= 15 is 0 Å². The number of sulfonamides is 1. The fraction of sp³-hybridized carbons (Fsp3) is 0.462. The van der Waals surface area contributed by atoms with Crippen LogP contribution in [0.15, 0.2) is 23.1 Å². The lowest BCUT2D eigenvalue weighted by Crippen LogP contribution is -2.32. The summed E-state index contributed by atoms with van der Waals surface area (Å²) in [5, 5.41) is 0. The maximum atomic E-state index is 12.6. The molecule has 1 aromatic rings. The number of methoxy groups -OCH3 is 2. The first-order chi connectivity index (χ1) is 9.90. The molecule has 0 bridgehead atoms. The predicted octanol–water partition coefficient (Wildman–Crippen LogP) is 0.204. The number of nitrogens with two attached hydrogens (primary N) is 1. The lowest BCUT2D eigenvalue weighted by atomic mass is 10.2. The molecule has 0 amide bonds. The van der Waals surface area contributed by atoms with Crippen LogP contribution in [0.4, 0.5) is 0 Å². The van der Waals surface area contributed by atoms with Gasteiger partial charge in [-0.1, -0.05) is 0 Å². The van der Waals surface area contributed by atoms with Gasteiger partial charge in [0.15, 0.2) is 0 Å². The van der Waals surface area contributed by atoms with Crippen LogP contribution in [0.3, 0.4) is 0 Å². The van der Waals surface area contributed by atoms with Gasteiger partial charge >= 0.3 is 5.97 Å².